The van der Waals surface area contributed by atoms with E-state index in [0.717, 1.165) is 29.7 Å². The SMILES string of the molecule is Cc1ccc(C)c(C(=O)Nc2nc3c(s2)CCc2ccccc2-3)c1. The molecule has 1 aliphatic carbocycles. The molecule has 1 N–H and O–H groups in total. The summed E-state index contributed by atoms with van der Waals surface area (Å²) < 4.78 is 0. The second kappa shape index (κ2) is 5.87. The monoisotopic (exact) mass is 334 g/mol. The Morgan fingerprint density at radius 3 is 2.83 bits per heavy atom. The van der Waals surface area contributed by atoms with Gasteiger partial charge in [0.2, 0.25) is 0 Å². The maximum absolute atomic E-state index is 12.6. The van der Waals surface area contributed by atoms with Gasteiger partial charge in [-0.3, -0.25) is 10.1 Å². The van der Waals surface area contributed by atoms with E-state index in [-0.39, 0.29) is 5.91 Å². The summed E-state index contributed by atoms with van der Waals surface area (Å²) in [7, 11) is 0. The van der Waals surface area contributed by atoms with Crippen LogP contribution >= 0.6 is 11.3 Å². The fraction of sp³-hybridized carbons (Fsp3) is 0.200. The number of fused-ring (bicyclic) bond motifs is 3. The number of carbonyl (C=O) groups is 1. The van der Waals surface area contributed by atoms with Crippen molar-refractivity contribution in [2.24, 2.45) is 0 Å². The lowest BCUT2D eigenvalue weighted by Crippen LogP contribution is -2.13. The molecule has 4 rings (SSSR count). The summed E-state index contributed by atoms with van der Waals surface area (Å²) in [5.74, 6) is -0.0874. The fourth-order valence-corrected chi connectivity index (χ4v) is 4.12. The van der Waals surface area contributed by atoms with Crippen molar-refractivity contribution in [2.75, 3.05) is 5.32 Å². The average Bonchev–Trinajstić information content (AvgIpc) is 3.00. The van der Waals surface area contributed by atoms with Gasteiger partial charge in [0, 0.05) is 16.0 Å². The third kappa shape index (κ3) is 2.63. The van der Waals surface area contributed by atoms with E-state index in [1.807, 2.05) is 38.1 Å². The zero-order chi connectivity index (χ0) is 16.7. The van der Waals surface area contributed by atoms with Gasteiger partial charge in [0.1, 0.15) is 0 Å². The molecule has 4 heteroatoms. The maximum Gasteiger partial charge on any atom is 0.257 e. The number of nitrogens with zero attached hydrogens (tertiary/aromatic N) is 1. The van der Waals surface area contributed by atoms with Gasteiger partial charge in [-0.1, -0.05) is 42.0 Å². The van der Waals surface area contributed by atoms with E-state index in [1.165, 1.54) is 16.0 Å². The van der Waals surface area contributed by atoms with Crippen LogP contribution in [0.4, 0.5) is 5.13 Å². The predicted molar refractivity (Wildman–Crippen MR) is 98.8 cm³/mol. The van der Waals surface area contributed by atoms with Crippen molar-refractivity contribution in [1.29, 1.82) is 0 Å². The van der Waals surface area contributed by atoms with Crippen LogP contribution in [-0.2, 0) is 12.8 Å². The zero-order valence-corrected chi connectivity index (χ0v) is 14.5. The van der Waals surface area contributed by atoms with Gasteiger partial charge in [-0.2, -0.15) is 0 Å². The number of benzene rings is 2. The minimum atomic E-state index is -0.0874. The van der Waals surface area contributed by atoms with Gasteiger partial charge < -0.3 is 0 Å². The first kappa shape index (κ1) is 15.1. The largest absolute Gasteiger partial charge is 0.298 e. The Labute approximate surface area is 145 Å². The van der Waals surface area contributed by atoms with Crippen molar-refractivity contribution < 1.29 is 4.79 Å². The van der Waals surface area contributed by atoms with E-state index in [4.69, 9.17) is 4.98 Å². The summed E-state index contributed by atoms with van der Waals surface area (Å²) in [6, 6.07) is 14.3. The van der Waals surface area contributed by atoms with E-state index in [1.54, 1.807) is 11.3 Å². The number of thiazole rings is 1. The first-order chi connectivity index (χ1) is 11.6. The highest BCUT2D eigenvalue weighted by molar-refractivity contribution is 7.16. The Balaban J connectivity index is 1.65. The van der Waals surface area contributed by atoms with Crippen LogP contribution in [0.1, 0.15) is 31.9 Å². The maximum atomic E-state index is 12.6. The van der Waals surface area contributed by atoms with E-state index in [9.17, 15) is 4.79 Å². The average molecular weight is 334 g/mol. The third-order valence-electron chi connectivity index (χ3n) is 4.45. The van der Waals surface area contributed by atoms with Gasteiger partial charge in [-0.15, -0.1) is 11.3 Å². The number of aromatic nitrogens is 1. The Bertz CT molecular complexity index is 943. The Morgan fingerprint density at radius 2 is 1.96 bits per heavy atom. The first-order valence-corrected chi connectivity index (χ1v) is 8.90. The van der Waals surface area contributed by atoms with Gasteiger partial charge >= 0.3 is 0 Å². The van der Waals surface area contributed by atoms with Gasteiger partial charge in [-0.05, 0) is 43.9 Å². The molecule has 1 heterocycles. The molecule has 0 saturated heterocycles. The van der Waals surface area contributed by atoms with Gasteiger partial charge in [0.25, 0.3) is 5.91 Å². The van der Waals surface area contributed by atoms with Crippen molar-refractivity contribution in [3.8, 4) is 11.3 Å². The highest BCUT2D eigenvalue weighted by Gasteiger charge is 2.21. The summed E-state index contributed by atoms with van der Waals surface area (Å²) in [4.78, 5) is 18.6. The summed E-state index contributed by atoms with van der Waals surface area (Å²) >= 11 is 1.59. The van der Waals surface area contributed by atoms with E-state index in [0.29, 0.717) is 10.7 Å². The van der Waals surface area contributed by atoms with Gasteiger partial charge in [0.05, 0.1) is 5.69 Å². The molecule has 0 unspecified atom stereocenters. The predicted octanol–water partition coefficient (Wildman–Crippen LogP) is 4.78. The molecule has 3 nitrogen and oxygen atoms in total. The molecule has 1 aromatic heterocycles. The molecule has 0 radical (unpaired) electrons. The molecule has 2 aromatic carbocycles. The number of rotatable bonds is 2. The lowest BCUT2D eigenvalue weighted by atomic mass is 9.94. The lowest BCUT2D eigenvalue weighted by Gasteiger charge is -2.13. The Kier molecular flexibility index (Phi) is 3.69. The van der Waals surface area contributed by atoms with Crippen LogP contribution < -0.4 is 5.32 Å². The van der Waals surface area contributed by atoms with E-state index >= 15 is 0 Å². The molecular formula is C20H18N2OS. The quantitative estimate of drug-likeness (QED) is 0.733. The second-order valence-corrected chi connectivity index (χ2v) is 7.30. The van der Waals surface area contributed by atoms with E-state index < -0.39 is 0 Å². The third-order valence-corrected chi connectivity index (χ3v) is 5.48. The van der Waals surface area contributed by atoms with Crippen LogP contribution in [0.3, 0.4) is 0 Å². The summed E-state index contributed by atoms with van der Waals surface area (Å²) in [6.45, 7) is 3.95. The summed E-state index contributed by atoms with van der Waals surface area (Å²) in [6.07, 6.45) is 2.03. The standard InChI is InChI=1S/C20H18N2OS/c1-12-7-8-13(2)16(11-12)19(23)22-20-21-18-15-6-4-3-5-14(15)9-10-17(18)24-20/h3-8,11H,9-10H2,1-2H3,(H,21,22,23). The normalized spacial score (nSPS) is 12.4. The van der Waals surface area contributed by atoms with Gasteiger partial charge in [-0.25, -0.2) is 4.98 Å². The van der Waals surface area contributed by atoms with Gasteiger partial charge in [0.15, 0.2) is 5.13 Å². The summed E-state index contributed by atoms with van der Waals surface area (Å²) in [5.41, 5.74) is 6.33. The number of amides is 1. The van der Waals surface area contributed by atoms with Crippen molar-refractivity contribution >= 4 is 22.4 Å². The summed E-state index contributed by atoms with van der Waals surface area (Å²) in [5, 5.41) is 3.67. The molecule has 0 aliphatic heterocycles. The number of nitrogens with one attached hydrogen (secondary N) is 1. The van der Waals surface area contributed by atoms with Crippen LogP contribution in [0.25, 0.3) is 11.3 Å². The fourth-order valence-electron chi connectivity index (χ4n) is 3.15. The topological polar surface area (TPSA) is 42.0 Å². The minimum absolute atomic E-state index is 0.0874. The minimum Gasteiger partial charge on any atom is -0.298 e. The van der Waals surface area contributed by atoms with Crippen LogP contribution in [0.2, 0.25) is 0 Å². The molecule has 1 amide bonds. The number of hydrogen-bond acceptors (Lipinski definition) is 3. The lowest BCUT2D eigenvalue weighted by molar-refractivity contribution is 0.102. The van der Waals surface area contributed by atoms with E-state index in [2.05, 4.69) is 23.5 Å². The Hall–Kier alpha value is -2.46. The number of aryl methyl sites for hydroxylation is 4. The first-order valence-electron chi connectivity index (χ1n) is 8.08. The number of anilines is 1. The molecule has 3 aromatic rings. The number of carbonyl (C=O) groups excluding carboxylic acids is 1. The Morgan fingerprint density at radius 1 is 1.12 bits per heavy atom. The molecule has 0 saturated carbocycles. The highest BCUT2D eigenvalue weighted by Crippen LogP contribution is 2.38. The van der Waals surface area contributed by atoms with Crippen molar-refractivity contribution in [3.05, 3.63) is 69.6 Å². The molecular weight excluding hydrogens is 316 g/mol. The molecule has 0 fully saturated rings. The van der Waals surface area contributed by atoms with Crippen LogP contribution in [0.15, 0.2) is 42.5 Å². The number of hydrogen-bond donors (Lipinski definition) is 1. The molecule has 0 bridgehead atoms. The van der Waals surface area contributed by atoms with Crippen LogP contribution in [-0.4, -0.2) is 10.9 Å². The van der Waals surface area contributed by atoms with Crippen LogP contribution in [0, 0.1) is 13.8 Å². The molecule has 24 heavy (non-hydrogen) atoms. The van der Waals surface area contributed by atoms with Crippen LogP contribution in [0.5, 0.6) is 0 Å². The van der Waals surface area contributed by atoms with Crippen molar-refractivity contribution in [3.63, 3.8) is 0 Å². The molecule has 0 atom stereocenters. The van der Waals surface area contributed by atoms with Crippen molar-refractivity contribution in [1.82, 2.24) is 4.98 Å². The molecule has 1 aliphatic rings. The molecule has 0 spiro atoms. The smallest absolute Gasteiger partial charge is 0.257 e. The highest BCUT2D eigenvalue weighted by atomic mass is 32.1. The van der Waals surface area contributed by atoms with Crippen molar-refractivity contribution in [2.45, 2.75) is 26.7 Å². The second-order valence-electron chi connectivity index (χ2n) is 6.22. The molecule has 120 valence electrons. The zero-order valence-electron chi connectivity index (χ0n) is 13.7.